The number of aromatic nitrogens is 1. The van der Waals surface area contributed by atoms with Crippen molar-refractivity contribution >= 4 is 5.91 Å². The average Bonchev–Trinajstić information content (AvgIpc) is 2.29. The van der Waals surface area contributed by atoms with Crippen molar-refractivity contribution in [2.45, 2.75) is 32.4 Å². The number of carbonyl (C=O) groups is 1. The normalized spacial score (nSPS) is 24.7. The van der Waals surface area contributed by atoms with E-state index >= 15 is 0 Å². The van der Waals surface area contributed by atoms with Gasteiger partial charge in [-0.3, -0.25) is 9.78 Å². The van der Waals surface area contributed by atoms with Gasteiger partial charge in [0, 0.05) is 37.6 Å². The molecule has 1 saturated heterocycles. The molecule has 2 atom stereocenters. The molecule has 2 heterocycles. The average molecular weight is 233 g/mol. The lowest BCUT2D eigenvalue weighted by molar-refractivity contribution is -0.132. The Bertz CT molecular complexity index is 370. The molecule has 2 unspecified atom stereocenters. The Kier molecular flexibility index (Phi) is 3.74. The zero-order valence-corrected chi connectivity index (χ0v) is 10.4. The van der Waals surface area contributed by atoms with E-state index in [4.69, 9.17) is 0 Å². The molecule has 2 rings (SSSR count). The van der Waals surface area contributed by atoms with Gasteiger partial charge >= 0.3 is 0 Å². The fourth-order valence-corrected chi connectivity index (χ4v) is 2.32. The van der Waals surface area contributed by atoms with Crippen LogP contribution in [-0.2, 0) is 11.2 Å². The Balaban J connectivity index is 1.96. The lowest BCUT2D eigenvalue weighted by Crippen LogP contribution is -2.56. The van der Waals surface area contributed by atoms with Gasteiger partial charge in [0.2, 0.25) is 5.91 Å². The first-order valence-corrected chi connectivity index (χ1v) is 6.08. The van der Waals surface area contributed by atoms with Crippen LogP contribution < -0.4 is 5.32 Å². The van der Waals surface area contributed by atoms with Gasteiger partial charge < -0.3 is 10.2 Å². The number of piperazine rings is 1. The number of hydrogen-bond donors (Lipinski definition) is 1. The molecule has 0 spiro atoms. The van der Waals surface area contributed by atoms with Crippen LogP contribution in [0.3, 0.4) is 0 Å². The fraction of sp³-hybridized carbons (Fsp3) is 0.538. The summed E-state index contributed by atoms with van der Waals surface area (Å²) in [6.45, 7) is 5.81. The van der Waals surface area contributed by atoms with Crippen LogP contribution in [0, 0.1) is 0 Å². The number of rotatable bonds is 2. The molecular weight excluding hydrogens is 214 g/mol. The van der Waals surface area contributed by atoms with Crippen LogP contribution >= 0.6 is 0 Å². The maximum absolute atomic E-state index is 12.1. The molecule has 1 N–H and O–H groups in total. The minimum atomic E-state index is 0.193. The van der Waals surface area contributed by atoms with E-state index < -0.39 is 0 Å². The monoisotopic (exact) mass is 233 g/mol. The maximum atomic E-state index is 12.1. The third-order valence-corrected chi connectivity index (χ3v) is 2.99. The van der Waals surface area contributed by atoms with Crippen molar-refractivity contribution < 1.29 is 4.79 Å². The molecule has 4 heteroatoms. The molecule has 4 nitrogen and oxygen atoms in total. The van der Waals surface area contributed by atoms with Crippen molar-refractivity contribution in [3.05, 3.63) is 30.1 Å². The minimum absolute atomic E-state index is 0.193. The number of hydrogen-bond acceptors (Lipinski definition) is 3. The van der Waals surface area contributed by atoms with Crippen LogP contribution in [0.1, 0.15) is 19.4 Å². The molecule has 1 aliphatic rings. The lowest BCUT2D eigenvalue weighted by atomic mass is 10.1. The van der Waals surface area contributed by atoms with Gasteiger partial charge in [0.05, 0.1) is 6.42 Å². The predicted octanol–water partition coefficient (Wildman–Crippen LogP) is 0.833. The van der Waals surface area contributed by atoms with Crippen molar-refractivity contribution in [3.8, 4) is 0 Å². The van der Waals surface area contributed by atoms with Crippen molar-refractivity contribution in [3.63, 3.8) is 0 Å². The van der Waals surface area contributed by atoms with Crippen LogP contribution in [0.4, 0.5) is 0 Å². The van der Waals surface area contributed by atoms with Gasteiger partial charge in [-0.1, -0.05) is 6.07 Å². The van der Waals surface area contributed by atoms with Gasteiger partial charge in [-0.25, -0.2) is 0 Å². The van der Waals surface area contributed by atoms with Crippen LogP contribution in [0.25, 0.3) is 0 Å². The van der Waals surface area contributed by atoms with Crippen molar-refractivity contribution in [1.82, 2.24) is 15.2 Å². The summed E-state index contributed by atoms with van der Waals surface area (Å²) in [7, 11) is 0. The van der Waals surface area contributed by atoms with E-state index in [2.05, 4.69) is 24.1 Å². The lowest BCUT2D eigenvalue weighted by Gasteiger charge is -2.36. The fourth-order valence-electron chi connectivity index (χ4n) is 2.32. The smallest absolute Gasteiger partial charge is 0.227 e. The summed E-state index contributed by atoms with van der Waals surface area (Å²) >= 11 is 0. The Labute approximate surface area is 102 Å². The maximum Gasteiger partial charge on any atom is 0.227 e. The first kappa shape index (κ1) is 12.0. The quantitative estimate of drug-likeness (QED) is 0.823. The van der Waals surface area contributed by atoms with E-state index in [0.717, 1.165) is 18.7 Å². The van der Waals surface area contributed by atoms with E-state index in [1.165, 1.54) is 0 Å². The van der Waals surface area contributed by atoms with E-state index in [-0.39, 0.29) is 5.91 Å². The molecule has 1 aromatic heterocycles. The molecule has 0 aliphatic carbocycles. The molecule has 1 fully saturated rings. The summed E-state index contributed by atoms with van der Waals surface area (Å²) in [6.07, 6.45) is 3.93. The molecular formula is C13H19N3O. The molecule has 92 valence electrons. The van der Waals surface area contributed by atoms with E-state index in [1.807, 2.05) is 17.0 Å². The Morgan fingerprint density at radius 1 is 1.47 bits per heavy atom. The Hall–Kier alpha value is -1.42. The minimum Gasteiger partial charge on any atom is -0.339 e. The highest BCUT2D eigenvalue weighted by molar-refractivity contribution is 5.78. The number of amides is 1. The predicted molar refractivity (Wildman–Crippen MR) is 66.6 cm³/mol. The highest BCUT2D eigenvalue weighted by atomic mass is 16.2. The van der Waals surface area contributed by atoms with E-state index in [9.17, 15) is 4.79 Å². The SMILES string of the molecule is CC1CN(C(=O)Cc2cccnc2)CC(C)N1. The van der Waals surface area contributed by atoms with Crippen LogP contribution in [0.2, 0.25) is 0 Å². The second kappa shape index (κ2) is 5.27. The summed E-state index contributed by atoms with van der Waals surface area (Å²) in [4.78, 5) is 18.1. The summed E-state index contributed by atoms with van der Waals surface area (Å²) in [5.41, 5.74) is 0.983. The second-order valence-corrected chi connectivity index (χ2v) is 4.81. The van der Waals surface area contributed by atoms with Crippen molar-refractivity contribution in [2.24, 2.45) is 0 Å². The van der Waals surface area contributed by atoms with Crippen molar-refractivity contribution in [2.75, 3.05) is 13.1 Å². The molecule has 1 amide bonds. The molecule has 17 heavy (non-hydrogen) atoms. The number of carbonyl (C=O) groups excluding carboxylic acids is 1. The zero-order valence-electron chi connectivity index (χ0n) is 10.4. The van der Waals surface area contributed by atoms with Gasteiger partial charge in [0.1, 0.15) is 0 Å². The van der Waals surface area contributed by atoms with E-state index in [0.29, 0.717) is 18.5 Å². The highest BCUT2D eigenvalue weighted by Gasteiger charge is 2.24. The zero-order chi connectivity index (χ0) is 12.3. The van der Waals surface area contributed by atoms with E-state index in [1.54, 1.807) is 12.4 Å². The second-order valence-electron chi connectivity index (χ2n) is 4.81. The number of nitrogens with one attached hydrogen (secondary N) is 1. The Morgan fingerprint density at radius 3 is 2.76 bits per heavy atom. The molecule has 1 aliphatic heterocycles. The topological polar surface area (TPSA) is 45.2 Å². The number of pyridine rings is 1. The largest absolute Gasteiger partial charge is 0.339 e. The van der Waals surface area contributed by atoms with Gasteiger partial charge in [-0.15, -0.1) is 0 Å². The Morgan fingerprint density at radius 2 is 2.18 bits per heavy atom. The molecule has 0 saturated carbocycles. The summed E-state index contributed by atoms with van der Waals surface area (Å²) in [5, 5.41) is 3.42. The van der Waals surface area contributed by atoms with Gasteiger partial charge in [-0.2, -0.15) is 0 Å². The summed E-state index contributed by atoms with van der Waals surface area (Å²) in [6, 6.07) is 4.55. The first-order chi connectivity index (χ1) is 8.15. The van der Waals surface area contributed by atoms with Crippen LogP contribution in [-0.4, -0.2) is 41.0 Å². The molecule has 0 radical (unpaired) electrons. The highest BCUT2D eigenvalue weighted by Crippen LogP contribution is 2.07. The molecule has 0 aromatic carbocycles. The first-order valence-electron chi connectivity index (χ1n) is 6.08. The molecule has 1 aromatic rings. The third kappa shape index (κ3) is 3.27. The molecule has 0 bridgehead atoms. The summed E-state index contributed by atoms with van der Waals surface area (Å²) < 4.78 is 0. The third-order valence-electron chi connectivity index (χ3n) is 2.99. The van der Waals surface area contributed by atoms with Crippen LogP contribution in [0.15, 0.2) is 24.5 Å². The van der Waals surface area contributed by atoms with Gasteiger partial charge in [-0.05, 0) is 25.5 Å². The van der Waals surface area contributed by atoms with Crippen LogP contribution in [0.5, 0.6) is 0 Å². The standard InChI is InChI=1S/C13H19N3O/c1-10-8-16(9-11(2)15-10)13(17)6-12-4-3-5-14-7-12/h3-5,7,10-11,15H,6,8-9H2,1-2H3. The summed E-state index contributed by atoms with van der Waals surface area (Å²) in [5.74, 6) is 0.193. The van der Waals surface area contributed by atoms with Gasteiger partial charge in [0.25, 0.3) is 0 Å². The van der Waals surface area contributed by atoms with Crippen molar-refractivity contribution in [1.29, 1.82) is 0 Å². The number of nitrogens with zero attached hydrogens (tertiary/aromatic N) is 2. The van der Waals surface area contributed by atoms with Gasteiger partial charge in [0.15, 0.2) is 0 Å².